The Morgan fingerprint density at radius 2 is 1.50 bits per heavy atom. The minimum absolute atomic E-state index is 0. The zero-order chi connectivity index (χ0) is 14.9. The van der Waals surface area contributed by atoms with E-state index in [0.717, 1.165) is 25.4 Å². The maximum atomic E-state index is 5.73. The monoisotopic (exact) mass is 320 g/mol. The molecule has 120 valence electrons. The van der Waals surface area contributed by atoms with Crippen LogP contribution >= 0.6 is 12.4 Å². The van der Waals surface area contributed by atoms with Gasteiger partial charge in [0, 0.05) is 19.6 Å². The van der Waals surface area contributed by atoms with Crippen LogP contribution in [0.15, 0.2) is 54.6 Å². The summed E-state index contributed by atoms with van der Waals surface area (Å²) in [6.45, 7) is 3.60. The Labute approximate surface area is 139 Å². The average molecular weight is 321 g/mol. The number of benzene rings is 2. The van der Waals surface area contributed by atoms with Gasteiger partial charge < -0.3 is 15.0 Å². The van der Waals surface area contributed by atoms with Crippen molar-refractivity contribution < 1.29 is 4.74 Å². The third-order valence-electron chi connectivity index (χ3n) is 3.24. The molecule has 0 amide bonds. The molecule has 3 nitrogen and oxygen atoms in total. The van der Waals surface area contributed by atoms with Crippen molar-refractivity contribution in [3.63, 3.8) is 0 Å². The molecule has 0 aliphatic carbocycles. The van der Waals surface area contributed by atoms with Gasteiger partial charge in [-0.15, -0.1) is 12.4 Å². The largest absolute Gasteiger partial charge is 0.492 e. The average Bonchev–Trinajstić information content (AvgIpc) is 2.52. The summed E-state index contributed by atoms with van der Waals surface area (Å²) >= 11 is 0. The molecule has 0 heterocycles. The lowest BCUT2D eigenvalue weighted by atomic mass is 10.1. The first-order chi connectivity index (χ1) is 10.3. The standard InChI is InChI=1S/C18H24N2O.ClH/c1-20(2)14-12-19-13-15-21-18-10-8-17(9-11-18)16-6-4-3-5-7-16;/h3-11,19H,12-15H2,1-2H3;1H. The molecule has 0 aromatic heterocycles. The Morgan fingerprint density at radius 3 is 2.14 bits per heavy atom. The molecule has 4 heteroatoms. The fourth-order valence-electron chi connectivity index (χ4n) is 2.04. The van der Waals surface area contributed by atoms with Crippen molar-refractivity contribution in [1.82, 2.24) is 10.2 Å². The lowest BCUT2D eigenvalue weighted by molar-refractivity contribution is 0.308. The highest BCUT2D eigenvalue weighted by molar-refractivity contribution is 5.85. The van der Waals surface area contributed by atoms with Crippen molar-refractivity contribution in [2.24, 2.45) is 0 Å². The van der Waals surface area contributed by atoms with E-state index in [1.807, 2.05) is 18.2 Å². The number of halogens is 1. The molecular formula is C18H25ClN2O. The maximum Gasteiger partial charge on any atom is 0.119 e. The maximum absolute atomic E-state index is 5.73. The Kier molecular flexibility index (Phi) is 8.60. The third kappa shape index (κ3) is 6.48. The quantitative estimate of drug-likeness (QED) is 0.755. The molecule has 0 aliphatic heterocycles. The van der Waals surface area contributed by atoms with Crippen LogP contribution in [0.25, 0.3) is 11.1 Å². The second-order valence-electron chi connectivity index (χ2n) is 5.29. The van der Waals surface area contributed by atoms with Gasteiger partial charge in [0.15, 0.2) is 0 Å². The topological polar surface area (TPSA) is 24.5 Å². The SMILES string of the molecule is CN(C)CCNCCOc1ccc(-c2ccccc2)cc1.Cl. The van der Waals surface area contributed by atoms with E-state index in [1.165, 1.54) is 11.1 Å². The molecule has 0 bridgehead atoms. The first kappa shape index (κ1) is 18.5. The molecule has 1 N–H and O–H groups in total. The van der Waals surface area contributed by atoms with E-state index in [4.69, 9.17) is 4.74 Å². The van der Waals surface area contributed by atoms with Gasteiger partial charge in [-0.3, -0.25) is 0 Å². The van der Waals surface area contributed by atoms with Gasteiger partial charge in [-0.05, 0) is 37.4 Å². The van der Waals surface area contributed by atoms with Gasteiger partial charge in [0.05, 0.1) is 0 Å². The molecule has 0 saturated carbocycles. The van der Waals surface area contributed by atoms with Gasteiger partial charge in [-0.1, -0.05) is 42.5 Å². The van der Waals surface area contributed by atoms with Gasteiger partial charge in [0.25, 0.3) is 0 Å². The normalized spacial score (nSPS) is 10.3. The molecule has 2 aromatic carbocycles. The highest BCUT2D eigenvalue weighted by Gasteiger charge is 1.98. The smallest absolute Gasteiger partial charge is 0.119 e. The second-order valence-corrected chi connectivity index (χ2v) is 5.29. The fraction of sp³-hybridized carbons (Fsp3) is 0.333. The summed E-state index contributed by atoms with van der Waals surface area (Å²) in [5.41, 5.74) is 2.45. The van der Waals surface area contributed by atoms with E-state index in [0.29, 0.717) is 6.61 Å². The van der Waals surface area contributed by atoms with Crippen LogP contribution in [0.4, 0.5) is 0 Å². The van der Waals surface area contributed by atoms with Crippen LogP contribution in [0.5, 0.6) is 5.75 Å². The number of likely N-dealkylation sites (N-methyl/N-ethyl adjacent to an activating group) is 1. The summed E-state index contributed by atoms with van der Waals surface area (Å²) in [5.74, 6) is 0.920. The van der Waals surface area contributed by atoms with E-state index in [2.05, 4.69) is 60.7 Å². The number of hydrogen-bond donors (Lipinski definition) is 1. The van der Waals surface area contributed by atoms with Crippen molar-refractivity contribution >= 4 is 12.4 Å². The van der Waals surface area contributed by atoms with E-state index in [-0.39, 0.29) is 12.4 Å². The van der Waals surface area contributed by atoms with Crippen LogP contribution in [0.2, 0.25) is 0 Å². The second kappa shape index (κ2) is 10.2. The molecule has 2 aromatic rings. The summed E-state index contributed by atoms with van der Waals surface area (Å²) in [6.07, 6.45) is 0. The van der Waals surface area contributed by atoms with E-state index < -0.39 is 0 Å². The molecule has 2 rings (SSSR count). The van der Waals surface area contributed by atoms with Crippen LogP contribution in [-0.4, -0.2) is 45.2 Å². The van der Waals surface area contributed by atoms with E-state index in [9.17, 15) is 0 Å². The highest BCUT2D eigenvalue weighted by atomic mass is 35.5. The van der Waals surface area contributed by atoms with Gasteiger partial charge >= 0.3 is 0 Å². The predicted octanol–water partition coefficient (Wildman–Crippen LogP) is 3.31. The first-order valence-corrected chi connectivity index (χ1v) is 7.39. The van der Waals surface area contributed by atoms with Gasteiger partial charge in [0.2, 0.25) is 0 Å². The van der Waals surface area contributed by atoms with Crippen molar-refractivity contribution in [2.45, 2.75) is 0 Å². The Balaban J connectivity index is 0.00000242. The molecule has 0 radical (unpaired) electrons. The Bertz CT molecular complexity index is 514. The number of rotatable bonds is 8. The predicted molar refractivity (Wildman–Crippen MR) is 96.0 cm³/mol. The van der Waals surface area contributed by atoms with Crippen LogP contribution in [0.3, 0.4) is 0 Å². The van der Waals surface area contributed by atoms with Crippen molar-refractivity contribution in [1.29, 1.82) is 0 Å². The number of ether oxygens (including phenoxy) is 1. The summed E-state index contributed by atoms with van der Waals surface area (Å²) in [7, 11) is 4.15. The first-order valence-electron chi connectivity index (χ1n) is 7.39. The van der Waals surface area contributed by atoms with Gasteiger partial charge in [-0.25, -0.2) is 0 Å². The van der Waals surface area contributed by atoms with Gasteiger partial charge in [0.1, 0.15) is 12.4 Å². The van der Waals surface area contributed by atoms with Crippen molar-refractivity contribution in [3.8, 4) is 16.9 Å². The summed E-state index contributed by atoms with van der Waals surface area (Å²) in [4.78, 5) is 2.16. The number of nitrogens with one attached hydrogen (secondary N) is 1. The van der Waals surface area contributed by atoms with Crippen molar-refractivity contribution in [2.75, 3.05) is 40.3 Å². The molecule has 0 unspecified atom stereocenters. The summed E-state index contributed by atoms with van der Waals surface area (Å²) in [5, 5.41) is 3.36. The minimum Gasteiger partial charge on any atom is -0.492 e. The summed E-state index contributed by atoms with van der Waals surface area (Å²) in [6, 6.07) is 18.6. The Hall–Kier alpha value is -1.55. The van der Waals surface area contributed by atoms with Crippen molar-refractivity contribution in [3.05, 3.63) is 54.6 Å². The highest BCUT2D eigenvalue weighted by Crippen LogP contribution is 2.21. The third-order valence-corrected chi connectivity index (χ3v) is 3.24. The number of hydrogen-bond acceptors (Lipinski definition) is 3. The molecule has 0 fully saturated rings. The zero-order valence-corrected chi connectivity index (χ0v) is 14.1. The Morgan fingerprint density at radius 1 is 0.864 bits per heavy atom. The molecule has 22 heavy (non-hydrogen) atoms. The van der Waals surface area contributed by atoms with Crippen LogP contribution in [0.1, 0.15) is 0 Å². The lowest BCUT2D eigenvalue weighted by Crippen LogP contribution is -2.29. The zero-order valence-electron chi connectivity index (χ0n) is 13.3. The molecular weight excluding hydrogens is 296 g/mol. The molecule has 0 saturated heterocycles. The molecule has 0 spiro atoms. The molecule has 0 aliphatic rings. The van der Waals surface area contributed by atoms with Crippen LogP contribution in [-0.2, 0) is 0 Å². The number of nitrogens with zero attached hydrogens (tertiary/aromatic N) is 1. The van der Waals surface area contributed by atoms with E-state index in [1.54, 1.807) is 0 Å². The minimum atomic E-state index is 0. The van der Waals surface area contributed by atoms with Crippen LogP contribution in [0, 0.1) is 0 Å². The van der Waals surface area contributed by atoms with Crippen LogP contribution < -0.4 is 10.1 Å². The molecule has 0 atom stereocenters. The lowest BCUT2D eigenvalue weighted by Gasteiger charge is -2.11. The fourth-order valence-corrected chi connectivity index (χ4v) is 2.04. The summed E-state index contributed by atoms with van der Waals surface area (Å²) < 4.78 is 5.73. The van der Waals surface area contributed by atoms with Gasteiger partial charge in [-0.2, -0.15) is 0 Å². The van der Waals surface area contributed by atoms with E-state index >= 15 is 0 Å².